The van der Waals surface area contributed by atoms with Crippen LogP contribution in [0.3, 0.4) is 0 Å². The zero-order valence-corrected chi connectivity index (χ0v) is 13.9. The summed E-state index contributed by atoms with van der Waals surface area (Å²) in [5.74, 6) is 0.249. The molecule has 5 nitrogen and oxygen atoms in total. The maximum absolute atomic E-state index is 13.3. The number of hydrogen-bond acceptors (Lipinski definition) is 4. The summed E-state index contributed by atoms with van der Waals surface area (Å²) >= 11 is 0. The largest absolute Gasteiger partial charge is 0.341 e. The van der Waals surface area contributed by atoms with Gasteiger partial charge < -0.3 is 10.2 Å². The van der Waals surface area contributed by atoms with Gasteiger partial charge in [0.15, 0.2) is 0 Å². The summed E-state index contributed by atoms with van der Waals surface area (Å²) in [6.45, 7) is 5.27. The lowest BCUT2D eigenvalue weighted by Crippen LogP contribution is -2.39. The second-order valence-electron chi connectivity index (χ2n) is 6.21. The highest BCUT2D eigenvalue weighted by Crippen LogP contribution is 2.23. The van der Waals surface area contributed by atoms with E-state index < -0.39 is 0 Å². The SMILES string of the molecule is Cc1ccnc(N2CCC(C(=O)Nc3cc(F)ccc3C)CC2)n1. The number of carbonyl (C=O) groups excluding carboxylic acids is 1. The van der Waals surface area contributed by atoms with Gasteiger partial charge in [-0.1, -0.05) is 6.07 Å². The third-order valence-electron chi connectivity index (χ3n) is 4.39. The number of anilines is 2. The molecule has 2 aromatic rings. The molecule has 0 bridgehead atoms. The molecule has 1 saturated heterocycles. The minimum Gasteiger partial charge on any atom is -0.341 e. The molecule has 1 amide bonds. The van der Waals surface area contributed by atoms with Crippen molar-refractivity contribution in [2.75, 3.05) is 23.3 Å². The molecule has 3 rings (SSSR count). The topological polar surface area (TPSA) is 58.1 Å². The van der Waals surface area contributed by atoms with Gasteiger partial charge in [0.1, 0.15) is 5.82 Å². The van der Waals surface area contributed by atoms with Gasteiger partial charge in [-0.05, 0) is 50.5 Å². The normalized spacial score (nSPS) is 15.4. The minimum atomic E-state index is -0.345. The minimum absolute atomic E-state index is 0.0477. The molecule has 0 radical (unpaired) electrons. The Balaban J connectivity index is 1.60. The molecule has 1 aromatic carbocycles. The van der Waals surface area contributed by atoms with E-state index in [1.807, 2.05) is 19.9 Å². The monoisotopic (exact) mass is 328 g/mol. The summed E-state index contributed by atoms with van der Waals surface area (Å²) in [4.78, 5) is 23.3. The first-order valence-electron chi connectivity index (χ1n) is 8.14. The van der Waals surface area contributed by atoms with E-state index in [0.29, 0.717) is 5.69 Å². The summed E-state index contributed by atoms with van der Waals surface area (Å²) in [6.07, 6.45) is 3.22. The molecular formula is C18H21FN4O. The molecule has 1 fully saturated rings. The van der Waals surface area contributed by atoms with Crippen LogP contribution in [-0.4, -0.2) is 29.0 Å². The number of hydrogen-bond donors (Lipinski definition) is 1. The molecule has 126 valence electrons. The first-order valence-corrected chi connectivity index (χ1v) is 8.14. The van der Waals surface area contributed by atoms with Gasteiger partial charge in [-0.2, -0.15) is 0 Å². The van der Waals surface area contributed by atoms with Gasteiger partial charge in [-0.3, -0.25) is 4.79 Å². The zero-order valence-electron chi connectivity index (χ0n) is 13.9. The van der Waals surface area contributed by atoms with E-state index >= 15 is 0 Å². The third kappa shape index (κ3) is 3.69. The van der Waals surface area contributed by atoms with Crippen molar-refractivity contribution in [2.24, 2.45) is 5.92 Å². The molecule has 2 heterocycles. The molecule has 0 saturated carbocycles. The number of aryl methyl sites for hydroxylation is 2. The van der Waals surface area contributed by atoms with Crippen LogP contribution in [0.5, 0.6) is 0 Å². The van der Waals surface area contributed by atoms with E-state index in [1.165, 1.54) is 12.1 Å². The summed E-state index contributed by atoms with van der Waals surface area (Å²) in [6, 6.07) is 6.29. The highest BCUT2D eigenvalue weighted by Gasteiger charge is 2.26. The van der Waals surface area contributed by atoms with Crippen LogP contribution in [0, 0.1) is 25.6 Å². The molecule has 1 aliphatic heterocycles. The molecule has 0 aliphatic carbocycles. The first kappa shape index (κ1) is 16.4. The van der Waals surface area contributed by atoms with E-state index in [9.17, 15) is 9.18 Å². The van der Waals surface area contributed by atoms with Crippen molar-refractivity contribution in [2.45, 2.75) is 26.7 Å². The molecule has 1 N–H and O–H groups in total. The lowest BCUT2D eigenvalue weighted by molar-refractivity contribution is -0.120. The Hall–Kier alpha value is -2.50. The number of benzene rings is 1. The molecule has 1 aliphatic rings. The van der Waals surface area contributed by atoms with E-state index in [1.54, 1.807) is 12.3 Å². The van der Waals surface area contributed by atoms with Crippen LogP contribution >= 0.6 is 0 Å². The lowest BCUT2D eigenvalue weighted by atomic mass is 9.96. The van der Waals surface area contributed by atoms with Gasteiger partial charge >= 0.3 is 0 Å². The van der Waals surface area contributed by atoms with Crippen LogP contribution in [0.15, 0.2) is 30.5 Å². The van der Waals surface area contributed by atoms with Crippen molar-refractivity contribution in [3.05, 3.63) is 47.5 Å². The number of halogens is 1. The van der Waals surface area contributed by atoms with Crippen LogP contribution in [0.4, 0.5) is 16.0 Å². The molecule has 6 heteroatoms. The molecule has 0 spiro atoms. The number of piperidine rings is 1. The second kappa shape index (κ2) is 6.95. The maximum atomic E-state index is 13.3. The average Bonchev–Trinajstić information content (AvgIpc) is 2.58. The molecular weight excluding hydrogens is 307 g/mol. The van der Waals surface area contributed by atoms with E-state index in [0.717, 1.165) is 43.1 Å². The van der Waals surface area contributed by atoms with Crippen LogP contribution in [0.2, 0.25) is 0 Å². The summed E-state index contributed by atoms with van der Waals surface area (Å²) < 4.78 is 13.3. The smallest absolute Gasteiger partial charge is 0.227 e. The summed E-state index contributed by atoms with van der Waals surface area (Å²) in [5.41, 5.74) is 2.33. The van der Waals surface area contributed by atoms with Crippen molar-refractivity contribution < 1.29 is 9.18 Å². The van der Waals surface area contributed by atoms with Gasteiger partial charge in [-0.15, -0.1) is 0 Å². The summed E-state index contributed by atoms with van der Waals surface area (Å²) in [5, 5.41) is 2.86. The van der Waals surface area contributed by atoms with E-state index in [2.05, 4.69) is 20.2 Å². The Morgan fingerprint density at radius 1 is 1.25 bits per heavy atom. The maximum Gasteiger partial charge on any atom is 0.227 e. The van der Waals surface area contributed by atoms with Crippen molar-refractivity contribution in [3.63, 3.8) is 0 Å². The fraction of sp³-hybridized carbons (Fsp3) is 0.389. The van der Waals surface area contributed by atoms with E-state index in [4.69, 9.17) is 0 Å². The number of aromatic nitrogens is 2. The second-order valence-corrected chi connectivity index (χ2v) is 6.21. The highest BCUT2D eigenvalue weighted by atomic mass is 19.1. The highest BCUT2D eigenvalue weighted by molar-refractivity contribution is 5.93. The van der Waals surface area contributed by atoms with Crippen LogP contribution in [0.25, 0.3) is 0 Å². The predicted octanol–water partition coefficient (Wildman–Crippen LogP) is 3.09. The van der Waals surface area contributed by atoms with Crippen molar-refractivity contribution in [1.82, 2.24) is 9.97 Å². The van der Waals surface area contributed by atoms with Crippen LogP contribution in [-0.2, 0) is 4.79 Å². The van der Waals surface area contributed by atoms with Gasteiger partial charge in [0, 0.05) is 36.6 Å². The fourth-order valence-electron chi connectivity index (χ4n) is 2.89. The number of nitrogens with one attached hydrogen (secondary N) is 1. The van der Waals surface area contributed by atoms with Crippen molar-refractivity contribution in [3.8, 4) is 0 Å². The van der Waals surface area contributed by atoms with Crippen molar-refractivity contribution >= 4 is 17.5 Å². The quantitative estimate of drug-likeness (QED) is 0.941. The lowest BCUT2D eigenvalue weighted by Gasteiger charge is -2.31. The first-order chi connectivity index (χ1) is 11.5. The van der Waals surface area contributed by atoms with Crippen molar-refractivity contribution in [1.29, 1.82) is 0 Å². The van der Waals surface area contributed by atoms with Gasteiger partial charge in [-0.25, -0.2) is 14.4 Å². The van der Waals surface area contributed by atoms with Crippen LogP contribution < -0.4 is 10.2 Å². The molecule has 0 unspecified atom stereocenters. The fourth-order valence-corrected chi connectivity index (χ4v) is 2.89. The standard InChI is InChI=1S/C18H21FN4O/c1-12-3-4-15(19)11-16(12)22-17(24)14-6-9-23(10-7-14)18-20-8-5-13(2)21-18/h3-5,8,11,14H,6-7,9-10H2,1-2H3,(H,22,24). The third-order valence-corrected chi connectivity index (χ3v) is 4.39. The number of amides is 1. The van der Waals surface area contributed by atoms with Gasteiger partial charge in [0.25, 0.3) is 0 Å². The Morgan fingerprint density at radius 2 is 2.00 bits per heavy atom. The Kier molecular flexibility index (Phi) is 4.74. The number of nitrogens with zero attached hydrogens (tertiary/aromatic N) is 3. The Morgan fingerprint density at radius 3 is 2.71 bits per heavy atom. The summed E-state index contributed by atoms with van der Waals surface area (Å²) in [7, 11) is 0. The molecule has 0 atom stereocenters. The predicted molar refractivity (Wildman–Crippen MR) is 91.5 cm³/mol. The van der Waals surface area contributed by atoms with Gasteiger partial charge in [0.05, 0.1) is 0 Å². The van der Waals surface area contributed by atoms with E-state index in [-0.39, 0.29) is 17.6 Å². The zero-order chi connectivity index (χ0) is 17.1. The van der Waals surface area contributed by atoms with Crippen LogP contribution in [0.1, 0.15) is 24.1 Å². The number of rotatable bonds is 3. The van der Waals surface area contributed by atoms with Gasteiger partial charge in [0.2, 0.25) is 11.9 Å². The Labute approximate surface area is 140 Å². The number of carbonyl (C=O) groups is 1. The molecule has 1 aromatic heterocycles. The average molecular weight is 328 g/mol. The Bertz CT molecular complexity index is 742. The molecule has 24 heavy (non-hydrogen) atoms.